The Bertz CT molecular complexity index is 1990. The minimum atomic E-state index is -2.47. The summed E-state index contributed by atoms with van der Waals surface area (Å²) in [5.41, 5.74) is 4.10. The van der Waals surface area contributed by atoms with E-state index in [-0.39, 0.29) is 32.0 Å². The van der Waals surface area contributed by atoms with Gasteiger partial charge in [-0.25, -0.2) is 9.18 Å². The zero-order chi connectivity index (χ0) is 38.8. The van der Waals surface area contributed by atoms with Crippen LogP contribution in [0.4, 0.5) is 4.39 Å². The number of carbonyl (C=O) groups is 2. The average molecular weight is 818 g/mol. The van der Waals surface area contributed by atoms with Crippen LogP contribution in [0.15, 0.2) is 77.2 Å². The fourth-order valence-corrected chi connectivity index (χ4v) is 9.67. The minimum Gasteiger partial charge on any atom is -0.727 e. The average Bonchev–Trinajstić information content (AvgIpc) is 3.39. The number of nitrogens with zero attached hydrogens (tertiary/aromatic N) is 2. The molecule has 3 aromatic carbocycles. The van der Waals surface area contributed by atoms with Crippen molar-refractivity contribution in [1.82, 2.24) is 4.67 Å². The molecule has 1 fully saturated rings. The predicted molar refractivity (Wildman–Crippen MR) is 209 cm³/mol. The number of hydrogen-bond acceptors (Lipinski definition) is 12. The molecule has 3 aromatic rings. The van der Waals surface area contributed by atoms with Crippen molar-refractivity contribution in [1.29, 1.82) is 0 Å². The van der Waals surface area contributed by atoms with E-state index in [0.717, 1.165) is 27.6 Å². The molecule has 3 unspecified atom stereocenters. The molecule has 288 valence electrons. The topological polar surface area (TPSA) is 144 Å². The fraction of sp³-hybridized carbons (Fsp3) is 0.351. The van der Waals surface area contributed by atoms with E-state index in [1.165, 1.54) is 12.1 Å². The number of carbonyl (C=O) groups excluding carboxylic acids is 2. The van der Waals surface area contributed by atoms with E-state index in [4.69, 9.17) is 43.0 Å². The summed E-state index contributed by atoms with van der Waals surface area (Å²) in [4.78, 5) is 42.4. The largest absolute Gasteiger partial charge is 0.727 e. The quantitative estimate of drug-likeness (QED) is 0.0317. The summed E-state index contributed by atoms with van der Waals surface area (Å²) in [6.07, 6.45) is 2.45. The van der Waals surface area contributed by atoms with Crippen molar-refractivity contribution >= 4 is 74.7 Å². The third kappa shape index (κ3) is 10.9. The van der Waals surface area contributed by atoms with Crippen molar-refractivity contribution in [2.45, 2.75) is 37.2 Å². The number of rotatable bonds is 17. The first-order valence-electron chi connectivity index (χ1n) is 17.0. The highest BCUT2D eigenvalue weighted by molar-refractivity contribution is 8.56. The van der Waals surface area contributed by atoms with E-state index in [1.807, 2.05) is 25.1 Å². The lowest BCUT2D eigenvalue weighted by atomic mass is 10.0. The number of morpholine rings is 1. The zero-order valence-corrected chi connectivity index (χ0v) is 32.9. The second kappa shape index (κ2) is 19.2. The van der Waals surface area contributed by atoms with Crippen molar-refractivity contribution in [3.8, 4) is 5.75 Å². The number of ether oxygens (including phenoxy) is 4. The first kappa shape index (κ1) is 41.4. The highest BCUT2D eigenvalue weighted by Crippen LogP contribution is 2.47. The first-order valence-corrected chi connectivity index (χ1v) is 22.3. The molecule has 0 N–H and O–H groups in total. The van der Waals surface area contributed by atoms with Gasteiger partial charge in [-0.15, -0.1) is 21.9 Å². The summed E-state index contributed by atoms with van der Waals surface area (Å²) in [7, 11) is -1.14. The molecule has 17 heteroatoms. The molecule has 54 heavy (non-hydrogen) atoms. The van der Waals surface area contributed by atoms with Crippen molar-refractivity contribution in [3.05, 3.63) is 105 Å². The molecule has 0 amide bonds. The Kier molecular flexibility index (Phi) is 14.7. The number of benzene rings is 3. The number of halogens is 1. The first-order chi connectivity index (χ1) is 25.8. The predicted octanol–water partition coefficient (Wildman–Crippen LogP) is 5.62. The van der Waals surface area contributed by atoms with Gasteiger partial charge in [0.15, 0.2) is 0 Å². The number of hydrogen-bond donors (Lipinski definition) is 0. The molecule has 3 atom stereocenters. The van der Waals surface area contributed by atoms with Gasteiger partial charge in [0.1, 0.15) is 11.6 Å². The molecular weight excluding hydrogens is 779 g/mol. The summed E-state index contributed by atoms with van der Waals surface area (Å²) in [6.45, 7) is 3.83. The molecule has 5 rings (SSSR count). The van der Waals surface area contributed by atoms with E-state index < -0.39 is 45.1 Å². The van der Waals surface area contributed by atoms with Crippen LogP contribution < -0.4 is 10.0 Å². The van der Waals surface area contributed by atoms with Crippen LogP contribution in [0.1, 0.15) is 42.9 Å². The van der Waals surface area contributed by atoms with Crippen LogP contribution in [0.2, 0.25) is 0 Å². The van der Waals surface area contributed by atoms with E-state index in [2.05, 4.69) is 9.51 Å². The SMILES string of the molecule is CC1=C(CC(=O)OC(COCCCCO[N+](=O)[O-])C(=O)Oc2ccc(P(=S)([S-])N3CCOCC3)cc2)c2cc(F)ccc2/C1=C\c1ccc(S(C)=O)cc1. The van der Waals surface area contributed by atoms with E-state index in [9.17, 15) is 28.3 Å². The van der Waals surface area contributed by atoms with Gasteiger partial charge in [-0.05, 0) is 101 Å². The number of esters is 2. The molecule has 0 radical (unpaired) electrons. The molecule has 1 heterocycles. The van der Waals surface area contributed by atoms with Crippen LogP contribution in [-0.2, 0) is 63.5 Å². The number of fused-ring (bicyclic) bond motifs is 1. The van der Waals surface area contributed by atoms with Crippen LogP contribution in [0.25, 0.3) is 17.2 Å². The van der Waals surface area contributed by atoms with Gasteiger partial charge >= 0.3 is 11.9 Å². The summed E-state index contributed by atoms with van der Waals surface area (Å²) in [5.74, 6) is -1.96. The van der Waals surface area contributed by atoms with Gasteiger partial charge in [-0.3, -0.25) is 13.7 Å². The highest BCUT2D eigenvalue weighted by atomic mass is 32.9. The lowest BCUT2D eigenvalue weighted by Crippen LogP contribution is -2.36. The monoisotopic (exact) mass is 817 g/mol. The second-order valence-corrected chi connectivity index (χ2v) is 19.7. The molecular formula is C37H39FN2O10PS3-. The molecule has 12 nitrogen and oxygen atoms in total. The van der Waals surface area contributed by atoms with Gasteiger partial charge in [-0.1, -0.05) is 35.7 Å². The molecule has 2 aliphatic rings. The summed E-state index contributed by atoms with van der Waals surface area (Å²) >= 11 is 11.7. The second-order valence-electron chi connectivity index (χ2n) is 12.4. The number of allylic oxidation sites excluding steroid dienone is 2. The normalized spacial score (nSPS) is 17.4. The minimum absolute atomic E-state index is 0.0995. The van der Waals surface area contributed by atoms with Gasteiger partial charge in [0.25, 0.3) is 5.09 Å². The van der Waals surface area contributed by atoms with Crippen molar-refractivity contribution in [3.63, 3.8) is 0 Å². The molecule has 0 saturated carbocycles. The zero-order valence-electron chi connectivity index (χ0n) is 29.6. The Morgan fingerprint density at radius 3 is 2.43 bits per heavy atom. The fourth-order valence-electron chi connectivity index (χ4n) is 5.90. The Balaban J connectivity index is 1.31. The van der Waals surface area contributed by atoms with Crippen molar-refractivity contribution in [2.75, 3.05) is 52.4 Å². The molecule has 1 saturated heterocycles. The maximum Gasteiger partial charge on any atom is 0.355 e. The van der Waals surface area contributed by atoms with Crippen LogP contribution in [0, 0.1) is 15.9 Å². The Morgan fingerprint density at radius 2 is 1.76 bits per heavy atom. The Morgan fingerprint density at radius 1 is 1.07 bits per heavy atom. The summed E-state index contributed by atoms with van der Waals surface area (Å²) < 4.78 is 50.8. The van der Waals surface area contributed by atoms with Gasteiger partial charge < -0.3 is 36.0 Å². The molecule has 1 aliphatic heterocycles. The van der Waals surface area contributed by atoms with E-state index >= 15 is 0 Å². The van der Waals surface area contributed by atoms with Gasteiger partial charge in [0, 0.05) is 41.6 Å². The molecule has 1 aliphatic carbocycles. The summed E-state index contributed by atoms with van der Waals surface area (Å²) in [5, 5.41) is 7.82. The van der Waals surface area contributed by atoms with Gasteiger partial charge in [0.05, 0.1) is 32.8 Å². The van der Waals surface area contributed by atoms with Gasteiger partial charge in [0.2, 0.25) is 6.10 Å². The van der Waals surface area contributed by atoms with Crippen molar-refractivity contribution in [2.24, 2.45) is 0 Å². The van der Waals surface area contributed by atoms with E-state index in [1.54, 1.807) is 48.7 Å². The van der Waals surface area contributed by atoms with E-state index in [0.29, 0.717) is 55.2 Å². The smallest absolute Gasteiger partial charge is 0.355 e. The highest BCUT2D eigenvalue weighted by Gasteiger charge is 2.30. The Labute approximate surface area is 325 Å². The maximum absolute atomic E-state index is 14.5. The third-order valence-electron chi connectivity index (χ3n) is 8.72. The third-order valence-corrected chi connectivity index (χ3v) is 14.4. The maximum atomic E-state index is 14.5. The number of unbranched alkanes of at least 4 members (excludes halogenated alkanes) is 1. The van der Waals surface area contributed by atoms with Crippen LogP contribution in [0.3, 0.4) is 0 Å². The van der Waals surface area contributed by atoms with Crippen molar-refractivity contribution < 1.29 is 47.1 Å². The van der Waals surface area contributed by atoms with Gasteiger partial charge in [-0.2, -0.15) is 0 Å². The lowest BCUT2D eigenvalue weighted by Gasteiger charge is -2.43. The standard InChI is InChI=1S/C37H40FN2O10PS3/c1-25-32(21-26-5-12-30(13-6-26)54(2)45)31-14-7-27(38)22-34(31)33(25)23-36(41)50-35(24-47-17-3-4-18-48-40(43)44)37(42)49-28-8-10-29(11-9-28)51(52,53)39-15-19-46-20-16-39/h5-14,21-22,35H,3-4,15-20,23-24H2,1-2H3,(H,52,53)/p-1/b32-21-. The molecule has 0 aromatic heterocycles. The molecule has 0 bridgehead atoms. The Hall–Kier alpha value is -3.76. The molecule has 0 spiro atoms. The lowest BCUT2D eigenvalue weighted by molar-refractivity contribution is -0.757. The summed E-state index contributed by atoms with van der Waals surface area (Å²) in [6, 6.07) is 18.2. The van der Waals surface area contributed by atoms with Crippen LogP contribution in [0.5, 0.6) is 5.75 Å². The van der Waals surface area contributed by atoms with Crippen LogP contribution >= 0.6 is 5.39 Å². The van der Waals surface area contributed by atoms with Crippen LogP contribution in [-0.4, -0.2) is 84.4 Å².